The Hall–Kier alpha value is -4.10. The molecular formula is C29H25N3O3S. The summed E-state index contributed by atoms with van der Waals surface area (Å²) in [6.45, 7) is 4.32. The molecule has 2 heterocycles. The van der Waals surface area contributed by atoms with Crippen LogP contribution in [0.3, 0.4) is 0 Å². The van der Waals surface area contributed by atoms with Crippen LogP contribution in [-0.2, 0) is 16.1 Å². The molecule has 5 rings (SSSR count). The molecule has 1 aromatic heterocycles. The van der Waals surface area contributed by atoms with Gasteiger partial charge in [-0.25, -0.2) is 0 Å². The number of carbonyl (C=O) groups excluding carboxylic acids is 3. The zero-order chi connectivity index (χ0) is 25.2. The fourth-order valence-electron chi connectivity index (χ4n) is 4.24. The van der Waals surface area contributed by atoms with Crippen molar-refractivity contribution in [3.05, 3.63) is 106 Å². The van der Waals surface area contributed by atoms with Crippen molar-refractivity contribution in [3.63, 3.8) is 0 Å². The molecule has 1 fully saturated rings. The van der Waals surface area contributed by atoms with E-state index in [2.05, 4.69) is 22.0 Å². The van der Waals surface area contributed by atoms with Crippen molar-refractivity contribution < 1.29 is 14.4 Å². The molecule has 0 spiro atoms. The van der Waals surface area contributed by atoms with Crippen LogP contribution in [0.25, 0.3) is 17.0 Å². The van der Waals surface area contributed by atoms with E-state index in [9.17, 15) is 14.4 Å². The van der Waals surface area contributed by atoms with Crippen LogP contribution in [0.2, 0.25) is 0 Å². The molecule has 36 heavy (non-hydrogen) atoms. The smallest absolute Gasteiger partial charge is 0.294 e. The van der Waals surface area contributed by atoms with Gasteiger partial charge in [0, 0.05) is 34.9 Å². The van der Waals surface area contributed by atoms with E-state index >= 15 is 0 Å². The molecule has 6 nitrogen and oxygen atoms in total. The van der Waals surface area contributed by atoms with Crippen LogP contribution < -0.4 is 5.32 Å². The first-order chi connectivity index (χ1) is 17.4. The number of nitrogens with one attached hydrogen (secondary N) is 1. The van der Waals surface area contributed by atoms with Crippen LogP contribution in [0.15, 0.2) is 83.9 Å². The molecule has 3 amide bonds. The van der Waals surface area contributed by atoms with Crippen molar-refractivity contribution in [2.24, 2.45) is 0 Å². The summed E-state index contributed by atoms with van der Waals surface area (Å²) in [7, 11) is 0. The Bertz CT molecular complexity index is 1520. The van der Waals surface area contributed by atoms with Crippen molar-refractivity contribution in [3.8, 4) is 0 Å². The lowest BCUT2D eigenvalue weighted by Gasteiger charge is -2.13. The maximum Gasteiger partial charge on any atom is 0.294 e. The number of thioether (sulfide) groups is 1. The van der Waals surface area contributed by atoms with Gasteiger partial charge in [-0.1, -0.05) is 54.6 Å². The summed E-state index contributed by atoms with van der Waals surface area (Å²) in [6, 6.07) is 23.7. The topological polar surface area (TPSA) is 71.4 Å². The number of aromatic nitrogens is 1. The lowest BCUT2D eigenvalue weighted by molar-refractivity contribution is -0.127. The van der Waals surface area contributed by atoms with E-state index in [1.54, 1.807) is 12.1 Å². The Kier molecular flexibility index (Phi) is 6.48. The Labute approximate surface area is 213 Å². The number of fused-ring (bicyclic) bond motifs is 1. The fourth-order valence-corrected chi connectivity index (χ4v) is 5.07. The Morgan fingerprint density at radius 1 is 0.944 bits per heavy atom. The van der Waals surface area contributed by atoms with E-state index < -0.39 is 17.1 Å². The fraction of sp³-hybridized carbons (Fsp3) is 0.138. The monoisotopic (exact) mass is 495 g/mol. The number of nitrogens with zero attached hydrogens (tertiary/aromatic N) is 2. The molecule has 3 aromatic carbocycles. The van der Waals surface area contributed by atoms with Gasteiger partial charge in [-0.15, -0.1) is 0 Å². The summed E-state index contributed by atoms with van der Waals surface area (Å²) < 4.78 is 2.14. The summed E-state index contributed by atoms with van der Waals surface area (Å²) in [4.78, 5) is 39.6. The summed E-state index contributed by atoms with van der Waals surface area (Å²) in [5.74, 6) is -0.874. The number of hydrogen-bond acceptors (Lipinski definition) is 4. The third-order valence-electron chi connectivity index (χ3n) is 6.27. The number of rotatable bonds is 6. The maximum absolute atomic E-state index is 13.1. The molecule has 0 saturated carbocycles. The van der Waals surface area contributed by atoms with E-state index in [1.165, 1.54) is 5.56 Å². The second-order valence-electron chi connectivity index (χ2n) is 8.83. The molecule has 0 radical (unpaired) electrons. The van der Waals surface area contributed by atoms with Gasteiger partial charge in [0.15, 0.2) is 0 Å². The largest absolute Gasteiger partial charge is 0.342 e. The molecule has 0 aliphatic carbocycles. The van der Waals surface area contributed by atoms with Gasteiger partial charge in [0.1, 0.15) is 6.54 Å². The number of anilines is 1. The van der Waals surface area contributed by atoms with E-state index in [0.717, 1.165) is 44.3 Å². The second-order valence-corrected chi connectivity index (χ2v) is 9.82. The minimum Gasteiger partial charge on any atom is -0.342 e. The van der Waals surface area contributed by atoms with Gasteiger partial charge >= 0.3 is 0 Å². The predicted molar refractivity (Wildman–Crippen MR) is 145 cm³/mol. The molecule has 0 atom stereocenters. The number of carbonyl (C=O) groups is 3. The molecule has 1 aliphatic heterocycles. The van der Waals surface area contributed by atoms with Gasteiger partial charge in [0.25, 0.3) is 11.1 Å². The summed E-state index contributed by atoms with van der Waals surface area (Å²) in [6.07, 6.45) is 3.74. The first-order valence-corrected chi connectivity index (χ1v) is 12.4. The van der Waals surface area contributed by atoms with Crippen LogP contribution in [-0.4, -0.2) is 33.1 Å². The Morgan fingerprint density at radius 2 is 1.69 bits per heavy atom. The highest BCUT2D eigenvalue weighted by Gasteiger charge is 2.36. The van der Waals surface area contributed by atoms with E-state index in [4.69, 9.17) is 0 Å². The third-order valence-corrected chi connectivity index (χ3v) is 7.18. The first-order valence-electron chi connectivity index (χ1n) is 11.6. The zero-order valence-corrected chi connectivity index (χ0v) is 20.8. The zero-order valence-electron chi connectivity index (χ0n) is 20.0. The third kappa shape index (κ3) is 4.83. The minimum atomic E-state index is -0.458. The van der Waals surface area contributed by atoms with Crippen molar-refractivity contribution in [2.45, 2.75) is 20.4 Å². The van der Waals surface area contributed by atoms with Crippen LogP contribution >= 0.6 is 11.8 Å². The predicted octanol–water partition coefficient (Wildman–Crippen LogP) is 5.98. The van der Waals surface area contributed by atoms with E-state index in [1.807, 2.05) is 74.6 Å². The molecule has 4 aromatic rings. The highest BCUT2D eigenvalue weighted by Crippen LogP contribution is 2.34. The molecule has 0 unspecified atom stereocenters. The maximum atomic E-state index is 13.1. The summed E-state index contributed by atoms with van der Waals surface area (Å²) in [5, 5.41) is 3.32. The number of aryl methyl sites for hydroxylation is 2. The van der Waals surface area contributed by atoms with Crippen molar-refractivity contribution >= 4 is 51.5 Å². The molecule has 7 heteroatoms. The van der Waals surface area contributed by atoms with Gasteiger partial charge in [0.2, 0.25) is 5.91 Å². The molecule has 1 N–H and O–H groups in total. The summed E-state index contributed by atoms with van der Waals surface area (Å²) >= 11 is 0.860. The number of amides is 3. The minimum absolute atomic E-state index is 0.307. The lowest BCUT2D eigenvalue weighted by Crippen LogP contribution is -2.36. The van der Waals surface area contributed by atoms with Gasteiger partial charge in [-0.3, -0.25) is 19.3 Å². The van der Waals surface area contributed by atoms with Crippen molar-refractivity contribution in [1.82, 2.24) is 9.47 Å². The molecular weight excluding hydrogens is 470 g/mol. The summed E-state index contributed by atoms with van der Waals surface area (Å²) in [5.41, 5.74) is 5.87. The van der Waals surface area contributed by atoms with Gasteiger partial charge < -0.3 is 9.88 Å². The Morgan fingerprint density at radius 3 is 2.47 bits per heavy atom. The van der Waals surface area contributed by atoms with Crippen LogP contribution in [0.5, 0.6) is 0 Å². The molecule has 1 saturated heterocycles. The normalized spacial score (nSPS) is 14.7. The highest BCUT2D eigenvalue weighted by molar-refractivity contribution is 8.18. The lowest BCUT2D eigenvalue weighted by atomic mass is 10.1. The average Bonchev–Trinajstić information content (AvgIpc) is 3.34. The van der Waals surface area contributed by atoms with E-state index in [0.29, 0.717) is 17.1 Å². The van der Waals surface area contributed by atoms with Crippen LogP contribution in [0, 0.1) is 13.8 Å². The van der Waals surface area contributed by atoms with Gasteiger partial charge in [0.05, 0.1) is 4.91 Å². The Balaban J connectivity index is 1.36. The number of imide groups is 1. The van der Waals surface area contributed by atoms with Crippen LogP contribution in [0.4, 0.5) is 10.5 Å². The standard InChI is InChI=1S/C29H25N3O3S/c1-19-12-13-23(14-20(19)2)30-27(33)18-32-28(34)26(36-29(32)35)15-22-17-31(16-21-8-4-3-5-9-21)25-11-7-6-10-24(22)25/h3-15,17H,16,18H2,1-2H3,(H,30,33)/b26-15-. The van der Waals surface area contributed by atoms with Crippen molar-refractivity contribution in [1.29, 1.82) is 0 Å². The average molecular weight is 496 g/mol. The van der Waals surface area contributed by atoms with Gasteiger partial charge in [-0.05, 0) is 66.6 Å². The van der Waals surface area contributed by atoms with Gasteiger partial charge in [-0.2, -0.15) is 0 Å². The molecule has 0 bridgehead atoms. The SMILES string of the molecule is Cc1ccc(NC(=O)CN2C(=O)S/C(=C\c3cn(Cc4ccccc4)c4ccccc34)C2=O)cc1C. The van der Waals surface area contributed by atoms with Crippen LogP contribution in [0.1, 0.15) is 22.3 Å². The number of para-hydroxylation sites is 1. The molecule has 1 aliphatic rings. The second kappa shape index (κ2) is 9.87. The quantitative estimate of drug-likeness (QED) is 0.334. The van der Waals surface area contributed by atoms with Crippen molar-refractivity contribution in [2.75, 3.05) is 11.9 Å². The number of benzene rings is 3. The van der Waals surface area contributed by atoms with E-state index in [-0.39, 0.29) is 6.54 Å². The highest BCUT2D eigenvalue weighted by atomic mass is 32.2. The number of hydrogen-bond donors (Lipinski definition) is 1. The first kappa shape index (κ1) is 23.6. The molecule has 180 valence electrons.